The van der Waals surface area contributed by atoms with Crippen molar-refractivity contribution in [2.75, 3.05) is 19.8 Å². The smallest absolute Gasteiger partial charge is 0.241 e. The normalized spacial score (nSPS) is 37.0. The van der Waals surface area contributed by atoms with Gasteiger partial charge in [-0.1, -0.05) is 25.0 Å². The molecule has 2 aliphatic heterocycles. The van der Waals surface area contributed by atoms with Gasteiger partial charge in [-0.15, -0.1) is 23.4 Å². The molecule has 0 aromatic rings. The number of nitrogens with zero attached hydrogens (tertiary/aromatic N) is 1. The third-order valence-corrected chi connectivity index (χ3v) is 6.28. The van der Waals surface area contributed by atoms with Crippen molar-refractivity contribution in [3.63, 3.8) is 0 Å². The lowest BCUT2D eigenvalue weighted by atomic mass is 9.93. The number of alkyl halides is 1. The van der Waals surface area contributed by atoms with Crippen molar-refractivity contribution < 1.29 is 24.9 Å². The first kappa shape index (κ1) is 22.9. The standard InChI is InChI=1S/C18H31ClN2O5S/c1-5-6-10-7-11(21(3)8-10)17(25)20-12(9(2)19)16-14(23)13(22)15(24)18(26-16)27-4/h7,9,11-16,18,22-24H,5-6,8H2,1-4H3,(H,20,25)/t9-,11+,12+,13-,14+,15+,16-,18+/m0/s1. The van der Waals surface area contributed by atoms with Crippen LogP contribution in [0.5, 0.6) is 0 Å². The Labute approximate surface area is 170 Å². The second-order valence-electron chi connectivity index (χ2n) is 7.32. The fraction of sp³-hybridized carbons (Fsp3) is 0.833. The molecule has 27 heavy (non-hydrogen) atoms. The highest BCUT2D eigenvalue weighted by molar-refractivity contribution is 7.99. The first-order chi connectivity index (χ1) is 12.7. The average Bonchev–Trinajstić information content (AvgIpc) is 2.99. The molecule has 8 atom stereocenters. The summed E-state index contributed by atoms with van der Waals surface area (Å²) in [7, 11) is 1.89. The van der Waals surface area contributed by atoms with Crippen molar-refractivity contribution in [2.45, 2.75) is 74.0 Å². The van der Waals surface area contributed by atoms with Crippen molar-refractivity contribution in [2.24, 2.45) is 0 Å². The predicted octanol–water partition coefficient (Wildman–Crippen LogP) is 0.310. The first-order valence-electron chi connectivity index (χ1n) is 9.27. The quantitative estimate of drug-likeness (QED) is 0.346. The molecular formula is C18H31ClN2O5S. The molecule has 1 fully saturated rings. The molecule has 4 N–H and O–H groups in total. The topological polar surface area (TPSA) is 102 Å². The molecule has 0 bridgehead atoms. The summed E-state index contributed by atoms with van der Waals surface area (Å²) in [5.74, 6) is -0.224. The van der Waals surface area contributed by atoms with Gasteiger partial charge < -0.3 is 25.4 Å². The van der Waals surface area contributed by atoms with Gasteiger partial charge in [-0.3, -0.25) is 9.69 Å². The second kappa shape index (κ2) is 9.91. The van der Waals surface area contributed by atoms with Gasteiger partial charge in [0.25, 0.3) is 0 Å². The molecule has 156 valence electrons. The third-order valence-electron chi connectivity index (χ3n) is 5.16. The van der Waals surface area contributed by atoms with Gasteiger partial charge in [0, 0.05) is 6.54 Å². The van der Waals surface area contributed by atoms with Crippen molar-refractivity contribution >= 4 is 29.3 Å². The number of aliphatic hydroxyl groups is 3. The lowest BCUT2D eigenvalue weighted by Gasteiger charge is -2.44. The highest BCUT2D eigenvalue weighted by Crippen LogP contribution is 2.30. The molecule has 0 aliphatic carbocycles. The minimum atomic E-state index is -1.37. The Morgan fingerprint density at radius 2 is 2.07 bits per heavy atom. The minimum Gasteiger partial charge on any atom is -0.388 e. The van der Waals surface area contributed by atoms with Crippen molar-refractivity contribution in [1.29, 1.82) is 0 Å². The molecule has 2 aliphatic rings. The van der Waals surface area contributed by atoms with Crippen LogP contribution in [0.1, 0.15) is 26.7 Å². The zero-order valence-electron chi connectivity index (χ0n) is 16.2. The number of hydrogen-bond acceptors (Lipinski definition) is 7. The van der Waals surface area contributed by atoms with Crippen LogP contribution in [0.2, 0.25) is 0 Å². The largest absolute Gasteiger partial charge is 0.388 e. The summed E-state index contributed by atoms with van der Waals surface area (Å²) in [5, 5.41) is 32.9. The number of carbonyl (C=O) groups is 1. The summed E-state index contributed by atoms with van der Waals surface area (Å²) >= 11 is 7.52. The Kier molecular flexibility index (Phi) is 8.42. The summed E-state index contributed by atoms with van der Waals surface area (Å²) in [5.41, 5.74) is 0.513. The Balaban J connectivity index is 2.14. The molecule has 0 spiro atoms. The Morgan fingerprint density at radius 3 is 2.63 bits per heavy atom. The molecule has 1 amide bonds. The third kappa shape index (κ3) is 5.18. The maximum atomic E-state index is 12.9. The van der Waals surface area contributed by atoms with Crippen LogP contribution < -0.4 is 5.32 Å². The SMILES string of the molecule is CCCC1=C[C@H](C(=O)N[C@@H]([C@@H]2O[C@H](SC)[C@H](O)[C@@H](O)[C@H]2O)[C@H](C)Cl)N(C)C1. The zero-order chi connectivity index (χ0) is 20.3. The van der Waals surface area contributed by atoms with Gasteiger partial charge in [0.05, 0.1) is 11.4 Å². The van der Waals surface area contributed by atoms with Crippen molar-refractivity contribution in [3.05, 3.63) is 11.6 Å². The monoisotopic (exact) mass is 422 g/mol. The van der Waals surface area contributed by atoms with Crippen molar-refractivity contribution in [1.82, 2.24) is 10.2 Å². The van der Waals surface area contributed by atoms with Crippen LogP contribution in [0.4, 0.5) is 0 Å². The van der Waals surface area contributed by atoms with Crippen LogP contribution in [0, 0.1) is 0 Å². The first-order valence-corrected chi connectivity index (χ1v) is 11.0. The van der Waals surface area contributed by atoms with E-state index in [9.17, 15) is 20.1 Å². The van der Waals surface area contributed by atoms with E-state index in [-0.39, 0.29) is 5.91 Å². The van der Waals surface area contributed by atoms with Crippen LogP contribution in [-0.4, -0.2) is 93.3 Å². The molecule has 1 saturated heterocycles. The van der Waals surface area contributed by atoms with Crippen LogP contribution in [0.3, 0.4) is 0 Å². The lowest BCUT2D eigenvalue weighted by Crippen LogP contribution is -2.65. The van der Waals surface area contributed by atoms with E-state index in [0.29, 0.717) is 0 Å². The Hall–Kier alpha value is -0.350. The number of ether oxygens (including phenoxy) is 1. The minimum absolute atomic E-state index is 0.224. The number of rotatable bonds is 7. The van der Waals surface area contributed by atoms with E-state index >= 15 is 0 Å². The van der Waals surface area contributed by atoms with E-state index in [4.69, 9.17) is 16.3 Å². The highest BCUT2D eigenvalue weighted by atomic mass is 35.5. The molecule has 0 saturated carbocycles. The number of carbonyl (C=O) groups excluding carboxylic acids is 1. The van der Waals surface area contributed by atoms with Gasteiger partial charge >= 0.3 is 0 Å². The van der Waals surface area contributed by atoms with Crippen LogP contribution >= 0.6 is 23.4 Å². The molecule has 0 radical (unpaired) electrons. The van der Waals surface area contributed by atoms with Crippen LogP contribution in [0.25, 0.3) is 0 Å². The summed E-state index contributed by atoms with van der Waals surface area (Å²) in [6.45, 7) is 4.54. The molecule has 2 heterocycles. The summed E-state index contributed by atoms with van der Waals surface area (Å²) in [6, 6.07) is -1.12. The van der Waals surface area contributed by atoms with E-state index in [1.807, 2.05) is 18.0 Å². The summed E-state index contributed by atoms with van der Waals surface area (Å²) < 4.78 is 5.78. The second-order valence-corrected chi connectivity index (χ2v) is 8.95. The van der Waals surface area contributed by atoms with Gasteiger partial charge in [0.2, 0.25) is 5.91 Å². The number of halogens is 1. The Bertz CT molecular complexity index is 548. The molecule has 0 aromatic carbocycles. The lowest BCUT2D eigenvalue weighted by molar-refractivity contribution is -0.205. The summed E-state index contributed by atoms with van der Waals surface area (Å²) in [6.07, 6.45) is 0.804. The number of hydrogen-bond donors (Lipinski definition) is 4. The van der Waals surface area contributed by atoms with E-state index < -0.39 is 47.3 Å². The molecule has 7 nitrogen and oxygen atoms in total. The van der Waals surface area contributed by atoms with Gasteiger partial charge in [-0.25, -0.2) is 0 Å². The maximum absolute atomic E-state index is 12.9. The molecular weight excluding hydrogens is 392 g/mol. The average molecular weight is 423 g/mol. The predicted molar refractivity (Wildman–Crippen MR) is 107 cm³/mol. The number of nitrogens with one attached hydrogen (secondary N) is 1. The van der Waals surface area contributed by atoms with E-state index in [2.05, 4.69) is 12.2 Å². The molecule has 0 aromatic heterocycles. The van der Waals surface area contributed by atoms with Crippen LogP contribution in [0.15, 0.2) is 11.6 Å². The number of aliphatic hydroxyl groups excluding tert-OH is 3. The van der Waals surface area contributed by atoms with Gasteiger partial charge in [-0.05, 0) is 26.6 Å². The van der Waals surface area contributed by atoms with E-state index in [1.165, 1.54) is 17.3 Å². The van der Waals surface area contributed by atoms with Crippen molar-refractivity contribution in [3.8, 4) is 0 Å². The molecule has 9 heteroatoms. The molecule has 2 rings (SSSR count). The zero-order valence-corrected chi connectivity index (χ0v) is 17.8. The fourth-order valence-electron chi connectivity index (χ4n) is 3.65. The van der Waals surface area contributed by atoms with Gasteiger partial charge in [-0.2, -0.15) is 0 Å². The van der Waals surface area contributed by atoms with E-state index in [1.54, 1.807) is 13.2 Å². The number of thioether (sulfide) groups is 1. The summed E-state index contributed by atoms with van der Waals surface area (Å²) in [4.78, 5) is 14.8. The molecule has 0 unspecified atom stereocenters. The maximum Gasteiger partial charge on any atom is 0.241 e. The Morgan fingerprint density at radius 1 is 1.41 bits per heavy atom. The van der Waals surface area contributed by atoms with Crippen LogP contribution in [-0.2, 0) is 9.53 Å². The van der Waals surface area contributed by atoms with Gasteiger partial charge in [0.15, 0.2) is 0 Å². The number of amides is 1. The number of likely N-dealkylation sites (N-methyl/N-ethyl adjacent to an activating group) is 1. The van der Waals surface area contributed by atoms with E-state index in [0.717, 1.165) is 19.4 Å². The fourth-order valence-corrected chi connectivity index (χ4v) is 4.54. The highest BCUT2D eigenvalue weighted by Gasteiger charge is 2.48. The van der Waals surface area contributed by atoms with Gasteiger partial charge in [0.1, 0.15) is 35.9 Å².